The lowest BCUT2D eigenvalue weighted by atomic mass is 10.2. The Hall–Kier alpha value is -2.80. The van der Waals surface area contributed by atoms with Gasteiger partial charge >= 0.3 is 0 Å². The molecule has 0 saturated heterocycles. The second kappa shape index (κ2) is 7.40. The Morgan fingerprint density at radius 1 is 1.08 bits per heavy atom. The highest BCUT2D eigenvalue weighted by Crippen LogP contribution is 2.34. The number of nitrogen functional groups attached to an aromatic ring is 1. The lowest BCUT2D eigenvalue weighted by Crippen LogP contribution is -2.04. The zero-order chi connectivity index (χ0) is 17.8. The fourth-order valence-electron chi connectivity index (χ4n) is 2.22. The molecule has 0 radical (unpaired) electrons. The third kappa shape index (κ3) is 4.00. The van der Waals surface area contributed by atoms with E-state index >= 15 is 0 Å². The summed E-state index contributed by atoms with van der Waals surface area (Å²) in [6, 6.07) is 13.2. The van der Waals surface area contributed by atoms with Crippen molar-refractivity contribution in [3.63, 3.8) is 0 Å². The molecule has 0 unspecified atom stereocenters. The Labute approximate surface area is 154 Å². The first kappa shape index (κ1) is 17.0. The molecule has 3 aromatic rings. The smallest absolute Gasteiger partial charge is 0.248 e. The maximum Gasteiger partial charge on any atom is 0.248 e. The van der Waals surface area contributed by atoms with Crippen LogP contribution in [0.3, 0.4) is 0 Å². The molecule has 25 heavy (non-hydrogen) atoms. The zero-order valence-corrected chi connectivity index (χ0v) is 15.4. The van der Waals surface area contributed by atoms with Gasteiger partial charge in [-0.15, -0.1) is 0 Å². The van der Waals surface area contributed by atoms with E-state index in [4.69, 9.17) is 15.2 Å². The van der Waals surface area contributed by atoms with Gasteiger partial charge in [0.25, 0.3) is 0 Å². The maximum atomic E-state index is 6.18. The van der Waals surface area contributed by atoms with Crippen LogP contribution in [0.15, 0.2) is 53.3 Å². The van der Waals surface area contributed by atoms with Gasteiger partial charge in [0.2, 0.25) is 5.88 Å². The molecule has 0 aliphatic carbocycles. The quantitative estimate of drug-likeness (QED) is 0.647. The van der Waals surface area contributed by atoms with Crippen molar-refractivity contribution >= 4 is 33.1 Å². The molecule has 0 aliphatic heterocycles. The van der Waals surface area contributed by atoms with Gasteiger partial charge in [0.1, 0.15) is 23.5 Å². The molecule has 7 heteroatoms. The number of ether oxygens (including phenoxy) is 2. The van der Waals surface area contributed by atoms with Crippen LogP contribution in [0.25, 0.3) is 0 Å². The Kier molecular flexibility index (Phi) is 5.04. The number of rotatable bonds is 5. The molecule has 128 valence electrons. The largest absolute Gasteiger partial charge is 0.495 e. The molecule has 0 aliphatic rings. The van der Waals surface area contributed by atoms with Crippen LogP contribution in [0.2, 0.25) is 0 Å². The third-order valence-electron chi connectivity index (χ3n) is 3.48. The van der Waals surface area contributed by atoms with Crippen LogP contribution >= 0.6 is 15.9 Å². The number of hydrogen-bond donors (Lipinski definition) is 2. The summed E-state index contributed by atoms with van der Waals surface area (Å²) < 4.78 is 12.1. The molecule has 3 rings (SSSR count). The average molecular weight is 401 g/mol. The number of benzene rings is 2. The molecule has 2 aromatic carbocycles. The van der Waals surface area contributed by atoms with E-state index in [-0.39, 0.29) is 5.88 Å². The fourth-order valence-corrected chi connectivity index (χ4v) is 2.49. The molecule has 6 nitrogen and oxygen atoms in total. The van der Waals surface area contributed by atoms with Crippen LogP contribution in [0.1, 0.15) is 5.56 Å². The molecule has 0 bridgehead atoms. The minimum atomic E-state index is 0.284. The number of nitrogens with two attached hydrogens (primary N) is 1. The van der Waals surface area contributed by atoms with Crippen molar-refractivity contribution in [1.82, 2.24) is 9.97 Å². The van der Waals surface area contributed by atoms with E-state index in [1.54, 1.807) is 7.11 Å². The van der Waals surface area contributed by atoms with Crippen molar-refractivity contribution in [2.24, 2.45) is 0 Å². The van der Waals surface area contributed by atoms with Gasteiger partial charge in [-0.05, 0) is 48.9 Å². The molecular formula is C18H17BrN4O2. The van der Waals surface area contributed by atoms with Crippen LogP contribution in [-0.4, -0.2) is 17.1 Å². The summed E-state index contributed by atoms with van der Waals surface area (Å²) in [5.74, 6) is 2.06. The first-order chi connectivity index (χ1) is 12.1. The van der Waals surface area contributed by atoms with Crippen LogP contribution in [-0.2, 0) is 0 Å². The van der Waals surface area contributed by atoms with Crippen LogP contribution in [0.4, 0.5) is 17.2 Å². The van der Waals surface area contributed by atoms with Gasteiger partial charge in [-0.25, -0.2) is 4.98 Å². The lowest BCUT2D eigenvalue weighted by molar-refractivity contribution is 0.416. The van der Waals surface area contributed by atoms with Gasteiger partial charge in [-0.3, -0.25) is 0 Å². The van der Waals surface area contributed by atoms with Crippen molar-refractivity contribution in [2.45, 2.75) is 6.92 Å². The summed E-state index contributed by atoms with van der Waals surface area (Å²) in [4.78, 5) is 8.32. The molecule has 0 amide bonds. The standard InChI is InChI=1S/C18H17BrN4O2/c1-11-3-8-15(24-2)14(9-11)23-17-16(20)18(22-10-21-17)25-13-6-4-12(19)5-7-13/h3-10H,20H2,1-2H3,(H,21,22,23). The summed E-state index contributed by atoms with van der Waals surface area (Å²) in [5.41, 5.74) is 8.34. The molecule has 1 aromatic heterocycles. The third-order valence-corrected chi connectivity index (χ3v) is 4.01. The fraction of sp³-hybridized carbons (Fsp3) is 0.111. The van der Waals surface area contributed by atoms with E-state index in [0.717, 1.165) is 15.7 Å². The number of anilines is 3. The van der Waals surface area contributed by atoms with E-state index in [1.165, 1.54) is 6.33 Å². The normalized spacial score (nSPS) is 10.4. The highest BCUT2D eigenvalue weighted by Gasteiger charge is 2.12. The molecule has 3 N–H and O–H groups in total. The average Bonchev–Trinajstić information content (AvgIpc) is 2.60. The van der Waals surface area contributed by atoms with Crippen molar-refractivity contribution in [3.05, 3.63) is 58.8 Å². The van der Waals surface area contributed by atoms with Gasteiger partial charge in [0.05, 0.1) is 12.8 Å². The van der Waals surface area contributed by atoms with E-state index in [2.05, 4.69) is 31.2 Å². The number of aryl methyl sites for hydroxylation is 1. The van der Waals surface area contributed by atoms with E-state index in [9.17, 15) is 0 Å². The van der Waals surface area contributed by atoms with Crippen molar-refractivity contribution in [1.29, 1.82) is 0 Å². The summed E-state index contributed by atoms with van der Waals surface area (Å²) >= 11 is 3.39. The van der Waals surface area contributed by atoms with Gasteiger partial charge in [0.15, 0.2) is 5.82 Å². The van der Waals surface area contributed by atoms with E-state index in [1.807, 2.05) is 49.4 Å². The van der Waals surface area contributed by atoms with Crippen molar-refractivity contribution in [3.8, 4) is 17.4 Å². The highest BCUT2D eigenvalue weighted by molar-refractivity contribution is 9.10. The number of halogens is 1. The summed E-state index contributed by atoms with van der Waals surface area (Å²) in [6.07, 6.45) is 1.40. The summed E-state index contributed by atoms with van der Waals surface area (Å²) in [5, 5.41) is 3.18. The van der Waals surface area contributed by atoms with E-state index < -0.39 is 0 Å². The maximum absolute atomic E-state index is 6.18. The highest BCUT2D eigenvalue weighted by atomic mass is 79.9. The Morgan fingerprint density at radius 2 is 1.84 bits per heavy atom. The van der Waals surface area contributed by atoms with Crippen LogP contribution in [0.5, 0.6) is 17.4 Å². The number of nitrogens with zero attached hydrogens (tertiary/aromatic N) is 2. The minimum Gasteiger partial charge on any atom is -0.495 e. The topological polar surface area (TPSA) is 82.3 Å². The molecular weight excluding hydrogens is 384 g/mol. The second-order valence-corrected chi connectivity index (χ2v) is 6.24. The van der Waals surface area contributed by atoms with Crippen molar-refractivity contribution < 1.29 is 9.47 Å². The van der Waals surface area contributed by atoms with Gasteiger partial charge in [0, 0.05) is 4.47 Å². The molecule has 0 spiro atoms. The Balaban J connectivity index is 1.88. The zero-order valence-electron chi connectivity index (χ0n) is 13.8. The second-order valence-electron chi connectivity index (χ2n) is 5.33. The lowest BCUT2D eigenvalue weighted by Gasteiger charge is -2.14. The summed E-state index contributed by atoms with van der Waals surface area (Å²) in [6.45, 7) is 2.00. The number of nitrogens with one attached hydrogen (secondary N) is 1. The van der Waals surface area contributed by atoms with Crippen molar-refractivity contribution in [2.75, 3.05) is 18.2 Å². The predicted octanol–water partition coefficient (Wildman–Crippen LogP) is 4.67. The van der Waals surface area contributed by atoms with Gasteiger partial charge in [-0.1, -0.05) is 22.0 Å². The predicted molar refractivity (Wildman–Crippen MR) is 102 cm³/mol. The molecule has 0 saturated carbocycles. The number of methoxy groups -OCH3 is 1. The monoisotopic (exact) mass is 400 g/mol. The summed E-state index contributed by atoms with van der Waals surface area (Å²) in [7, 11) is 1.61. The SMILES string of the molecule is COc1ccc(C)cc1Nc1ncnc(Oc2ccc(Br)cc2)c1N. The van der Waals surface area contributed by atoms with Crippen LogP contribution in [0, 0.1) is 6.92 Å². The minimum absolute atomic E-state index is 0.284. The van der Waals surface area contributed by atoms with E-state index in [0.29, 0.717) is 23.0 Å². The first-order valence-electron chi connectivity index (χ1n) is 7.52. The van der Waals surface area contributed by atoms with Crippen LogP contribution < -0.4 is 20.5 Å². The molecule has 0 atom stereocenters. The van der Waals surface area contributed by atoms with Gasteiger partial charge < -0.3 is 20.5 Å². The Morgan fingerprint density at radius 3 is 2.56 bits per heavy atom. The molecule has 0 fully saturated rings. The number of aromatic nitrogens is 2. The van der Waals surface area contributed by atoms with Gasteiger partial charge in [-0.2, -0.15) is 4.98 Å². The first-order valence-corrected chi connectivity index (χ1v) is 8.31. The Bertz CT molecular complexity index is 885. The molecule has 1 heterocycles. The number of hydrogen-bond acceptors (Lipinski definition) is 6.